The number of methoxy groups -OCH3 is 1. The number of aryl methyl sites for hydroxylation is 2. The molecular weight excluding hydrogens is 272 g/mol. The van der Waals surface area contributed by atoms with Gasteiger partial charge in [0.1, 0.15) is 0 Å². The smallest absolute Gasteiger partial charge is 0.194 e. The second kappa shape index (κ2) is 8.19. The molecule has 0 radical (unpaired) electrons. The average Bonchev–Trinajstić information content (AvgIpc) is 3.10. The van der Waals surface area contributed by atoms with E-state index in [1.807, 2.05) is 6.20 Å². The highest BCUT2D eigenvalue weighted by atomic mass is 32.1. The predicted octanol–water partition coefficient (Wildman–Crippen LogP) is 3.13. The molecule has 5 heteroatoms. The fourth-order valence-corrected chi connectivity index (χ4v) is 2.97. The van der Waals surface area contributed by atoms with E-state index >= 15 is 0 Å². The average molecular weight is 294 g/mol. The van der Waals surface area contributed by atoms with Gasteiger partial charge >= 0.3 is 0 Å². The Balaban J connectivity index is 1.81. The van der Waals surface area contributed by atoms with Gasteiger partial charge in [-0.1, -0.05) is 6.92 Å². The van der Waals surface area contributed by atoms with E-state index in [4.69, 9.17) is 9.15 Å². The number of aromatic nitrogens is 1. The molecule has 0 aliphatic carbocycles. The van der Waals surface area contributed by atoms with Crippen molar-refractivity contribution in [1.82, 2.24) is 10.3 Å². The lowest BCUT2D eigenvalue weighted by atomic mass is 10.2. The van der Waals surface area contributed by atoms with Crippen LogP contribution in [0.3, 0.4) is 0 Å². The molecule has 0 saturated carbocycles. The standard InChI is InChI=1S/C15H22N2O2S/c1-3-12-6-10-20-15(12)13-11-17-14(19-13)5-4-7-16-8-9-18-2/h6,10-11,16H,3-5,7-9H2,1-2H3. The molecule has 2 heterocycles. The maximum Gasteiger partial charge on any atom is 0.194 e. The van der Waals surface area contributed by atoms with E-state index in [1.54, 1.807) is 18.4 Å². The van der Waals surface area contributed by atoms with Crippen LogP contribution in [0.25, 0.3) is 10.6 Å². The Kier molecular flexibility index (Phi) is 6.24. The van der Waals surface area contributed by atoms with Crippen LogP contribution in [0, 0.1) is 0 Å². The third kappa shape index (κ3) is 4.16. The number of nitrogens with zero attached hydrogens (tertiary/aromatic N) is 1. The van der Waals surface area contributed by atoms with Crippen LogP contribution in [-0.2, 0) is 17.6 Å². The molecule has 0 bridgehead atoms. The van der Waals surface area contributed by atoms with Gasteiger partial charge in [-0.25, -0.2) is 4.98 Å². The number of oxazole rings is 1. The third-order valence-corrected chi connectivity index (χ3v) is 4.10. The Morgan fingerprint density at radius 2 is 2.30 bits per heavy atom. The van der Waals surface area contributed by atoms with E-state index in [-0.39, 0.29) is 0 Å². The van der Waals surface area contributed by atoms with Gasteiger partial charge in [-0.2, -0.15) is 0 Å². The Morgan fingerprint density at radius 3 is 3.10 bits per heavy atom. The summed E-state index contributed by atoms with van der Waals surface area (Å²) in [6, 6.07) is 2.15. The fraction of sp³-hybridized carbons (Fsp3) is 0.533. The summed E-state index contributed by atoms with van der Waals surface area (Å²) in [5, 5.41) is 5.42. The molecule has 0 aliphatic heterocycles. The third-order valence-electron chi connectivity index (χ3n) is 3.13. The first-order valence-electron chi connectivity index (χ1n) is 7.06. The van der Waals surface area contributed by atoms with Crippen molar-refractivity contribution in [2.75, 3.05) is 26.8 Å². The first-order chi connectivity index (χ1) is 9.85. The topological polar surface area (TPSA) is 47.3 Å². The van der Waals surface area contributed by atoms with E-state index in [0.29, 0.717) is 0 Å². The van der Waals surface area contributed by atoms with Crippen LogP contribution in [-0.4, -0.2) is 31.8 Å². The van der Waals surface area contributed by atoms with Crippen LogP contribution in [0.2, 0.25) is 0 Å². The summed E-state index contributed by atoms with van der Waals surface area (Å²) in [5.74, 6) is 1.73. The molecule has 2 aromatic rings. The van der Waals surface area contributed by atoms with E-state index in [0.717, 1.165) is 50.6 Å². The molecular formula is C15H22N2O2S. The number of hydrogen-bond donors (Lipinski definition) is 1. The van der Waals surface area contributed by atoms with Crippen LogP contribution in [0.5, 0.6) is 0 Å². The molecule has 0 spiro atoms. The molecule has 2 rings (SSSR count). The van der Waals surface area contributed by atoms with Gasteiger partial charge in [0.05, 0.1) is 17.7 Å². The minimum Gasteiger partial charge on any atom is -0.440 e. The number of ether oxygens (including phenoxy) is 1. The van der Waals surface area contributed by atoms with Crippen LogP contribution in [0.1, 0.15) is 24.8 Å². The highest BCUT2D eigenvalue weighted by Gasteiger charge is 2.11. The molecule has 0 amide bonds. The molecule has 0 unspecified atom stereocenters. The molecule has 0 saturated heterocycles. The van der Waals surface area contributed by atoms with Crippen molar-refractivity contribution in [3.05, 3.63) is 29.1 Å². The lowest BCUT2D eigenvalue weighted by Gasteiger charge is -2.02. The monoisotopic (exact) mass is 294 g/mol. The molecule has 0 aromatic carbocycles. The summed E-state index contributed by atoms with van der Waals surface area (Å²) in [4.78, 5) is 5.58. The first-order valence-corrected chi connectivity index (χ1v) is 7.94. The molecule has 2 aromatic heterocycles. The van der Waals surface area contributed by atoms with Crippen LogP contribution < -0.4 is 5.32 Å². The number of nitrogens with one attached hydrogen (secondary N) is 1. The van der Waals surface area contributed by atoms with Gasteiger partial charge in [0, 0.05) is 20.1 Å². The zero-order valence-corrected chi connectivity index (χ0v) is 13.0. The quantitative estimate of drug-likeness (QED) is 0.722. The van der Waals surface area contributed by atoms with Gasteiger partial charge in [0.25, 0.3) is 0 Å². The Hall–Kier alpha value is -1.17. The van der Waals surface area contributed by atoms with Crippen LogP contribution in [0.15, 0.2) is 22.1 Å². The molecule has 110 valence electrons. The highest BCUT2D eigenvalue weighted by molar-refractivity contribution is 7.13. The number of rotatable bonds is 9. The van der Waals surface area contributed by atoms with Gasteiger partial charge in [-0.05, 0) is 36.4 Å². The Labute approximate surface area is 124 Å². The lowest BCUT2D eigenvalue weighted by molar-refractivity contribution is 0.199. The predicted molar refractivity (Wildman–Crippen MR) is 82.3 cm³/mol. The summed E-state index contributed by atoms with van der Waals surface area (Å²) >= 11 is 1.72. The van der Waals surface area contributed by atoms with Crippen molar-refractivity contribution >= 4 is 11.3 Å². The van der Waals surface area contributed by atoms with Crippen molar-refractivity contribution in [2.45, 2.75) is 26.2 Å². The van der Waals surface area contributed by atoms with E-state index < -0.39 is 0 Å². The van der Waals surface area contributed by atoms with Gasteiger partial charge in [-0.3, -0.25) is 0 Å². The summed E-state index contributed by atoms with van der Waals surface area (Å²) in [5.41, 5.74) is 1.33. The van der Waals surface area contributed by atoms with Crippen LogP contribution >= 0.6 is 11.3 Å². The van der Waals surface area contributed by atoms with Crippen molar-refractivity contribution in [3.63, 3.8) is 0 Å². The Bertz CT molecular complexity index is 507. The van der Waals surface area contributed by atoms with Crippen molar-refractivity contribution in [3.8, 4) is 10.6 Å². The zero-order chi connectivity index (χ0) is 14.2. The minimum absolute atomic E-state index is 0.751. The summed E-state index contributed by atoms with van der Waals surface area (Å²) in [6.45, 7) is 4.76. The molecule has 1 N–H and O–H groups in total. The minimum atomic E-state index is 0.751. The Morgan fingerprint density at radius 1 is 1.40 bits per heavy atom. The number of hydrogen-bond acceptors (Lipinski definition) is 5. The van der Waals surface area contributed by atoms with Crippen molar-refractivity contribution in [2.24, 2.45) is 0 Å². The maximum absolute atomic E-state index is 5.85. The molecule has 20 heavy (non-hydrogen) atoms. The second-order valence-corrected chi connectivity index (χ2v) is 5.51. The number of thiophene rings is 1. The SMILES string of the molecule is CCc1ccsc1-c1cnc(CCCNCCOC)o1. The van der Waals surface area contributed by atoms with Gasteiger partial charge in [0.2, 0.25) is 0 Å². The summed E-state index contributed by atoms with van der Waals surface area (Å²) < 4.78 is 10.8. The summed E-state index contributed by atoms with van der Waals surface area (Å²) in [7, 11) is 1.71. The highest BCUT2D eigenvalue weighted by Crippen LogP contribution is 2.30. The lowest BCUT2D eigenvalue weighted by Crippen LogP contribution is -2.20. The van der Waals surface area contributed by atoms with Gasteiger partial charge in [0.15, 0.2) is 11.7 Å². The molecule has 0 fully saturated rings. The molecule has 0 atom stereocenters. The van der Waals surface area contributed by atoms with E-state index in [1.165, 1.54) is 10.4 Å². The molecule has 4 nitrogen and oxygen atoms in total. The molecule has 0 aliphatic rings. The van der Waals surface area contributed by atoms with Crippen LogP contribution in [0.4, 0.5) is 0 Å². The van der Waals surface area contributed by atoms with E-state index in [9.17, 15) is 0 Å². The largest absolute Gasteiger partial charge is 0.440 e. The summed E-state index contributed by atoms with van der Waals surface area (Å²) in [6.07, 6.45) is 4.76. The zero-order valence-electron chi connectivity index (χ0n) is 12.1. The van der Waals surface area contributed by atoms with E-state index in [2.05, 4.69) is 28.7 Å². The van der Waals surface area contributed by atoms with Crippen molar-refractivity contribution < 1.29 is 9.15 Å². The normalized spacial score (nSPS) is 11.1. The van der Waals surface area contributed by atoms with Gasteiger partial charge < -0.3 is 14.5 Å². The van der Waals surface area contributed by atoms with Gasteiger partial charge in [-0.15, -0.1) is 11.3 Å². The first kappa shape index (κ1) is 15.2. The fourth-order valence-electron chi connectivity index (χ4n) is 2.02. The van der Waals surface area contributed by atoms with Crippen molar-refractivity contribution in [1.29, 1.82) is 0 Å². The maximum atomic E-state index is 5.85. The second-order valence-electron chi connectivity index (χ2n) is 4.59.